The Bertz CT molecular complexity index is 1530. The number of amides is 5. The highest BCUT2D eigenvalue weighted by molar-refractivity contribution is 6.00. The second-order valence-corrected chi connectivity index (χ2v) is 10.3. The minimum absolute atomic E-state index is 0.271. The summed E-state index contributed by atoms with van der Waals surface area (Å²) in [5.41, 5.74) is 2.80. The third kappa shape index (κ3) is 6.87. The zero-order chi connectivity index (χ0) is 29.7. The zero-order valence-electron chi connectivity index (χ0n) is 23.5. The molecule has 4 aromatic rings. The molecule has 0 bridgehead atoms. The first-order valence-corrected chi connectivity index (χ1v) is 12.9. The highest BCUT2D eigenvalue weighted by Crippen LogP contribution is 2.27. The third-order valence-corrected chi connectivity index (χ3v) is 6.21. The number of H-pyrrole nitrogens is 1. The number of aromatic nitrogens is 4. The van der Waals surface area contributed by atoms with Gasteiger partial charge in [0, 0.05) is 31.1 Å². The second-order valence-electron chi connectivity index (χ2n) is 10.3. The molecule has 5 N–H and O–H groups in total. The van der Waals surface area contributed by atoms with Crippen molar-refractivity contribution < 1.29 is 19.2 Å². The Morgan fingerprint density at radius 2 is 1.54 bits per heavy atom. The van der Waals surface area contributed by atoms with Crippen LogP contribution in [0.3, 0.4) is 0 Å². The molecule has 5 amide bonds. The monoisotopic (exact) mass is 559 g/mol. The number of hydrogen-bond acceptors (Lipinski definition) is 6. The van der Waals surface area contributed by atoms with Crippen LogP contribution >= 0.6 is 0 Å². The van der Waals surface area contributed by atoms with Crippen LogP contribution in [0.15, 0.2) is 54.6 Å². The molecule has 4 rings (SSSR count). The molecule has 2 aromatic heterocycles. The van der Waals surface area contributed by atoms with Crippen LogP contribution in [-0.2, 0) is 15.0 Å². The molecule has 13 heteroatoms. The van der Waals surface area contributed by atoms with Gasteiger partial charge in [0.2, 0.25) is 17.8 Å². The molecule has 0 aliphatic rings. The van der Waals surface area contributed by atoms with Gasteiger partial charge >= 0.3 is 6.03 Å². The van der Waals surface area contributed by atoms with Crippen molar-refractivity contribution in [3.63, 3.8) is 0 Å². The molecule has 13 nitrogen and oxygen atoms in total. The van der Waals surface area contributed by atoms with Crippen LogP contribution in [0, 0.1) is 0 Å². The molecule has 41 heavy (non-hydrogen) atoms. The second kappa shape index (κ2) is 11.9. The Morgan fingerprint density at radius 3 is 2.12 bits per heavy atom. The summed E-state index contributed by atoms with van der Waals surface area (Å²) < 4.78 is 1.57. The Kier molecular flexibility index (Phi) is 8.36. The topological polar surface area (TPSA) is 166 Å². The minimum Gasteiger partial charge on any atom is -0.358 e. The number of aromatic amines is 1. The number of urea groups is 1. The van der Waals surface area contributed by atoms with E-state index in [2.05, 4.69) is 31.2 Å². The fourth-order valence-electron chi connectivity index (χ4n) is 3.93. The molecule has 0 saturated heterocycles. The summed E-state index contributed by atoms with van der Waals surface area (Å²) in [7, 11) is 2.91. The number of rotatable bonds is 8. The van der Waals surface area contributed by atoms with E-state index in [0.717, 1.165) is 21.6 Å². The zero-order valence-corrected chi connectivity index (χ0v) is 23.5. The number of nitrogens with one attached hydrogen (secondary N) is 5. The fourth-order valence-corrected chi connectivity index (χ4v) is 3.93. The molecule has 0 unspecified atom stereocenters. The molecular formula is C28H33N9O4. The summed E-state index contributed by atoms with van der Waals surface area (Å²) in [6, 6.07) is 15.2. The van der Waals surface area contributed by atoms with Gasteiger partial charge in [-0.15, -0.1) is 0 Å². The van der Waals surface area contributed by atoms with Gasteiger partial charge in [-0.05, 0) is 36.4 Å². The highest BCUT2D eigenvalue weighted by Gasteiger charge is 2.24. The molecule has 0 spiro atoms. The van der Waals surface area contributed by atoms with E-state index in [1.165, 1.54) is 14.1 Å². The average Bonchev–Trinajstić information content (AvgIpc) is 3.55. The van der Waals surface area contributed by atoms with E-state index < -0.39 is 23.8 Å². The Labute approximate surface area is 236 Å². The van der Waals surface area contributed by atoms with E-state index in [-0.39, 0.29) is 24.1 Å². The molecular weight excluding hydrogens is 526 g/mol. The number of carbonyl (C=O) groups is 4. The lowest BCUT2D eigenvalue weighted by molar-refractivity contribution is -0.123. The van der Waals surface area contributed by atoms with Gasteiger partial charge in [-0.3, -0.25) is 25.0 Å². The number of para-hydroxylation sites is 2. The van der Waals surface area contributed by atoms with Gasteiger partial charge in [-0.2, -0.15) is 5.10 Å². The molecule has 0 aliphatic heterocycles. The standard InChI is InChI=1S/C28H33N9O4/c1-28(2,3)21-14-22(33-27(41)34-26-31-19-8-6-7-9-20(19)32-26)37(35-21)18-12-10-17(11-13-18)25(40)36(15-23(38)29-4)16-24(39)30-5/h6-14H,15-16H2,1-5H3,(H,29,38)(H,30,39)(H3,31,32,33,34,41). The molecule has 0 aliphatic carbocycles. The van der Waals surface area contributed by atoms with E-state index >= 15 is 0 Å². The van der Waals surface area contributed by atoms with E-state index in [9.17, 15) is 19.2 Å². The number of imidazole rings is 1. The number of carbonyl (C=O) groups excluding carboxylic acids is 4. The van der Waals surface area contributed by atoms with Crippen molar-refractivity contribution in [3.05, 3.63) is 65.9 Å². The molecule has 214 valence electrons. The average molecular weight is 560 g/mol. The van der Waals surface area contributed by atoms with Crippen molar-refractivity contribution in [2.45, 2.75) is 26.2 Å². The predicted molar refractivity (Wildman–Crippen MR) is 155 cm³/mol. The Hall–Kier alpha value is -5.20. The summed E-state index contributed by atoms with van der Waals surface area (Å²) >= 11 is 0. The van der Waals surface area contributed by atoms with E-state index in [1.54, 1.807) is 35.0 Å². The highest BCUT2D eigenvalue weighted by atomic mass is 16.2. The van der Waals surface area contributed by atoms with Crippen LogP contribution in [0.5, 0.6) is 0 Å². The number of anilines is 2. The maximum Gasteiger partial charge on any atom is 0.327 e. The van der Waals surface area contributed by atoms with Crippen LogP contribution in [-0.4, -0.2) is 75.6 Å². The van der Waals surface area contributed by atoms with Gasteiger partial charge in [0.15, 0.2) is 0 Å². The molecule has 0 fully saturated rings. The number of fused-ring (bicyclic) bond motifs is 1. The normalized spacial score (nSPS) is 11.1. The van der Waals surface area contributed by atoms with Crippen molar-refractivity contribution in [2.75, 3.05) is 37.8 Å². The van der Waals surface area contributed by atoms with Crippen LogP contribution in [0.4, 0.5) is 16.6 Å². The van der Waals surface area contributed by atoms with E-state index in [1.807, 2.05) is 45.0 Å². The SMILES string of the molecule is CNC(=O)CN(CC(=O)NC)C(=O)c1ccc(-n2nc(C(C)(C)C)cc2NC(=O)Nc2nc3ccccc3[nH]2)cc1. The van der Waals surface area contributed by atoms with Crippen LogP contribution in [0.1, 0.15) is 36.8 Å². The quantitative estimate of drug-likeness (QED) is 0.223. The van der Waals surface area contributed by atoms with Crippen molar-refractivity contribution in [3.8, 4) is 5.69 Å². The number of nitrogens with zero attached hydrogens (tertiary/aromatic N) is 4. The van der Waals surface area contributed by atoms with Gasteiger partial charge in [-0.1, -0.05) is 32.9 Å². The summed E-state index contributed by atoms with van der Waals surface area (Å²) in [5, 5.41) is 15.2. The minimum atomic E-state index is -0.517. The predicted octanol–water partition coefficient (Wildman–Crippen LogP) is 2.62. The van der Waals surface area contributed by atoms with Crippen molar-refractivity contribution >= 4 is 46.6 Å². The van der Waals surface area contributed by atoms with Crippen LogP contribution in [0.25, 0.3) is 16.7 Å². The maximum atomic E-state index is 13.2. The third-order valence-electron chi connectivity index (χ3n) is 6.21. The summed E-state index contributed by atoms with van der Waals surface area (Å²) in [6.07, 6.45) is 0. The number of hydrogen-bond donors (Lipinski definition) is 5. The lowest BCUT2D eigenvalue weighted by Gasteiger charge is -2.21. The van der Waals surface area contributed by atoms with Gasteiger partial charge < -0.3 is 20.5 Å². The number of benzene rings is 2. The van der Waals surface area contributed by atoms with Gasteiger partial charge in [0.25, 0.3) is 5.91 Å². The van der Waals surface area contributed by atoms with Crippen LogP contribution < -0.4 is 21.3 Å². The smallest absolute Gasteiger partial charge is 0.327 e. The first kappa shape index (κ1) is 28.8. The Balaban J connectivity index is 1.58. The lowest BCUT2D eigenvalue weighted by atomic mass is 9.92. The summed E-state index contributed by atoms with van der Waals surface area (Å²) in [5.74, 6) is -0.582. The molecule has 0 saturated carbocycles. The van der Waals surface area contributed by atoms with E-state index in [4.69, 9.17) is 5.10 Å². The molecule has 2 aromatic carbocycles. The first-order valence-electron chi connectivity index (χ1n) is 12.9. The maximum absolute atomic E-state index is 13.2. The van der Waals surface area contributed by atoms with Gasteiger partial charge in [-0.25, -0.2) is 14.5 Å². The molecule has 0 radical (unpaired) electrons. The summed E-state index contributed by atoms with van der Waals surface area (Å²) in [6.45, 7) is 5.48. The lowest BCUT2D eigenvalue weighted by Crippen LogP contribution is -2.44. The van der Waals surface area contributed by atoms with Crippen molar-refractivity contribution in [1.29, 1.82) is 0 Å². The van der Waals surface area contributed by atoms with Gasteiger partial charge in [0.1, 0.15) is 18.9 Å². The fraction of sp³-hybridized carbons (Fsp3) is 0.286. The largest absolute Gasteiger partial charge is 0.358 e. The van der Waals surface area contributed by atoms with Gasteiger partial charge in [0.05, 0.1) is 22.4 Å². The van der Waals surface area contributed by atoms with E-state index in [0.29, 0.717) is 17.5 Å². The Morgan fingerprint density at radius 1 is 0.902 bits per heavy atom. The van der Waals surface area contributed by atoms with Crippen molar-refractivity contribution in [1.82, 2.24) is 35.3 Å². The summed E-state index contributed by atoms with van der Waals surface area (Å²) in [4.78, 5) is 58.5. The number of likely N-dealkylation sites (N-methyl/N-ethyl adjacent to an activating group) is 2. The van der Waals surface area contributed by atoms with Crippen LogP contribution in [0.2, 0.25) is 0 Å². The first-order chi connectivity index (χ1) is 19.5. The van der Waals surface area contributed by atoms with Crippen molar-refractivity contribution in [2.24, 2.45) is 0 Å². The molecule has 0 atom stereocenters. The molecule has 2 heterocycles.